The molecule has 2 fully saturated rings. The lowest BCUT2D eigenvalue weighted by Gasteiger charge is -2.50. The first-order chi connectivity index (χ1) is 11.3. The third kappa shape index (κ3) is 3.47. The Kier molecular flexibility index (Phi) is 4.66. The number of carboxylic acids is 1. The number of aliphatic hydroxyl groups excluding tert-OH is 1. The highest BCUT2D eigenvalue weighted by Crippen LogP contribution is 2.39. The van der Waals surface area contributed by atoms with Crippen molar-refractivity contribution in [1.29, 1.82) is 0 Å². The molecule has 2 aliphatic rings. The molecule has 1 aromatic rings. The van der Waals surface area contributed by atoms with Crippen LogP contribution in [0.1, 0.15) is 42.1 Å². The van der Waals surface area contributed by atoms with Crippen LogP contribution in [0.2, 0.25) is 0 Å². The first-order valence-electron chi connectivity index (χ1n) is 8.39. The monoisotopic (exact) mass is 335 g/mol. The molecule has 2 saturated heterocycles. The van der Waals surface area contributed by atoms with Crippen LogP contribution in [0.3, 0.4) is 0 Å². The van der Waals surface area contributed by atoms with Crippen LogP contribution >= 0.6 is 0 Å². The summed E-state index contributed by atoms with van der Waals surface area (Å²) in [5.41, 5.74) is -0.340. The number of piperidine rings is 1. The van der Waals surface area contributed by atoms with Gasteiger partial charge in [-0.3, -0.25) is 4.90 Å². The van der Waals surface area contributed by atoms with Gasteiger partial charge in [-0.05, 0) is 31.4 Å². The fourth-order valence-corrected chi connectivity index (χ4v) is 3.80. The van der Waals surface area contributed by atoms with Crippen molar-refractivity contribution in [2.45, 2.75) is 50.0 Å². The molecule has 0 unspecified atom stereocenters. The fraction of sp³-hybridized carbons (Fsp3) is 0.611. The minimum Gasteiger partial charge on any atom is -0.478 e. The van der Waals surface area contributed by atoms with Gasteiger partial charge in [-0.25, -0.2) is 4.79 Å². The SMILES string of the molecule is C[C@]1(O)CC2(CCN(Cc3ccccc3C(=O)O)CC2)OC[C@@H]1O. The summed E-state index contributed by atoms with van der Waals surface area (Å²) in [5.74, 6) is -0.903. The van der Waals surface area contributed by atoms with Crippen LogP contribution in [-0.4, -0.2) is 63.2 Å². The molecule has 2 aliphatic heterocycles. The number of likely N-dealkylation sites (tertiary alicyclic amines) is 1. The Bertz CT molecular complexity index is 607. The number of carboxylic acid groups (broad SMARTS) is 1. The van der Waals surface area contributed by atoms with Crippen LogP contribution < -0.4 is 0 Å². The third-order valence-corrected chi connectivity index (χ3v) is 5.35. The molecule has 2 atom stereocenters. The predicted molar refractivity (Wildman–Crippen MR) is 87.8 cm³/mol. The highest BCUT2D eigenvalue weighted by Gasteiger charge is 2.48. The maximum Gasteiger partial charge on any atom is 0.336 e. The van der Waals surface area contributed by atoms with Gasteiger partial charge in [0, 0.05) is 26.1 Å². The van der Waals surface area contributed by atoms with Crippen molar-refractivity contribution in [3.05, 3.63) is 35.4 Å². The molecule has 1 spiro atoms. The Morgan fingerprint density at radius 1 is 1.33 bits per heavy atom. The average molecular weight is 335 g/mol. The number of hydrogen-bond donors (Lipinski definition) is 3. The molecule has 0 aromatic heterocycles. The number of aromatic carboxylic acids is 1. The van der Waals surface area contributed by atoms with Gasteiger partial charge in [0.1, 0.15) is 6.10 Å². The summed E-state index contributed by atoms with van der Waals surface area (Å²) in [6.45, 7) is 3.98. The van der Waals surface area contributed by atoms with E-state index in [0.29, 0.717) is 18.5 Å². The second-order valence-electron chi connectivity index (χ2n) is 7.28. The van der Waals surface area contributed by atoms with E-state index in [4.69, 9.17) is 4.74 Å². The van der Waals surface area contributed by atoms with Crippen LogP contribution in [0.15, 0.2) is 24.3 Å². The summed E-state index contributed by atoms with van der Waals surface area (Å²) in [6.07, 6.45) is 1.13. The van der Waals surface area contributed by atoms with E-state index < -0.39 is 17.7 Å². The van der Waals surface area contributed by atoms with Crippen molar-refractivity contribution in [3.8, 4) is 0 Å². The summed E-state index contributed by atoms with van der Waals surface area (Å²) >= 11 is 0. The Hall–Kier alpha value is -1.47. The molecule has 6 nitrogen and oxygen atoms in total. The molecule has 0 aliphatic carbocycles. The summed E-state index contributed by atoms with van der Waals surface area (Å²) in [4.78, 5) is 13.5. The zero-order chi connectivity index (χ0) is 17.4. The molecule has 24 heavy (non-hydrogen) atoms. The number of benzene rings is 1. The van der Waals surface area contributed by atoms with Gasteiger partial charge in [0.25, 0.3) is 0 Å². The van der Waals surface area contributed by atoms with E-state index >= 15 is 0 Å². The molecule has 3 N–H and O–H groups in total. The number of nitrogens with zero attached hydrogens (tertiary/aromatic N) is 1. The second-order valence-corrected chi connectivity index (χ2v) is 7.28. The topological polar surface area (TPSA) is 90.2 Å². The Labute approximate surface area is 141 Å². The maximum atomic E-state index is 11.3. The molecule has 1 aromatic carbocycles. The van der Waals surface area contributed by atoms with Gasteiger partial charge in [0.2, 0.25) is 0 Å². The van der Waals surface area contributed by atoms with Gasteiger partial charge in [-0.15, -0.1) is 0 Å². The van der Waals surface area contributed by atoms with Gasteiger partial charge in [-0.2, -0.15) is 0 Å². The highest BCUT2D eigenvalue weighted by molar-refractivity contribution is 5.89. The molecule has 0 radical (unpaired) electrons. The van der Waals surface area contributed by atoms with Gasteiger partial charge in [0.15, 0.2) is 0 Å². The maximum absolute atomic E-state index is 11.3. The number of hydrogen-bond acceptors (Lipinski definition) is 5. The zero-order valence-corrected chi connectivity index (χ0v) is 13.9. The Morgan fingerprint density at radius 2 is 2.00 bits per heavy atom. The quantitative estimate of drug-likeness (QED) is 0.770. The molecular weight excluding hydrogens is 310 g/mol. The van der Waals surface area contributed by atoms with Crippen LogP contribution in [0.5, 0.6) is 0 Å². The van der Waals surface area contributed by atoms with Crippen molar-refractivity contribution >= 4 is 5.97 Å². The third-order valence-electron chi connectivity index (χ3n) is 5.35. The molecule has 2 heterocycles. The van der Waals surface area contributed by atoms with Crippen LogP contribution in [0.4, 0.5) is 0 Å². The lowest BCUT2D eigenvalue weighted by molar-refractivity contribution is -0.223. The number of ether oxygens (including phenoxy) is 1. The van der Waals surface area contributed by atoms with Crippen molar-refractivity contribution in [2.75, 3.05) is 19.7 Å². The van der Waals surface area contributed by atoms with E-state index in [1.165, 1.54) is 0 Å². The van der Waals surface area contributed by atoms with Crippen molar-refractivity contribution < 1.29 is 24.9 Å². The molecule has 3 rings (SSSR count). The molecule has 0 amide bonds. The Morgan fingerprint density at radius 3 is 2.62 bits per heavy atom. The van der Waals surface area contributed by atoms with Crippen LogP contribution in [0.25, 0.3) is 0 Å². The smallest absolute Gasteiger partial charge is 0.336 e. The molecule has 0 bridgehead atoms. The zero-order valence-electron chi connectivity index (χ0n) is 13.9. The lowest BCUT2D eigenvalue weighted by Crippen LogP contribution is -2.59. The number of rotatable bonds is 3. The largest absolute Gasteiger partial charge is 0.478 e. The fourth-order valence-electron chi connectivity index (χ4n) is 3.80. The minimum atomic E-state index is -1.11. The molecule has 132 valence electrons. The standard InChI is InChI=1S/C18H25NO5/c1-17(23)12-18(24-11-15(17)20)6-8-19(9-7-18)10-13-4-2-3-5-14(13)16(21)22/h2-5,15,20,23H,6-12H2,1H3,(H,21,22)/t15-,17-/m0/s1. The highest BCUT2D eigenvalue weighted by atomic mass is 16.5. The number of carbonyl (C=O) groups is 1. The second kappa shape index (κ2) is 6.44. The lowest BCUT2D eigenvalue weighted by atomic mass is 9.76. The normalized spacial score (nSPS) is 30.4. The van der Waals surface area contributed by atoms with Crippen LogP contribution in [-0.2, 0) is 11.3 Å². The first-order valence-corrected chi connectivity index (χ1v) is 8.39. The van der Waals surface area contributed by atoms with E-state index in [-0.39, 0.29) is 12.2 Å². The first kappa shape index (κ1) is 17.4. The van der Waals surface area contributed by atoms with Gasteiger partial charge in [0.05, 0.1) is 23.4 Å². The van der Waals surface area contributed by atoms with Crippen molar-refractivity contribution in [1.82, 2.24) is 4.90 Å². The van der Waals surface area contributed by atoms with E-state index in [9.17, 15) is 20.1 Å². The molecule has 0 saturated carbocycles. The van der Waals surface area contributed by atoms with Gasteiger partial charge < -0.3 is 20.1 Å². The van der Waals surface area contributed by atoms with Gasteiger partial charge in [-0.1, -0.05) is 18.2 Å². The number of aliphatic hydroxyl groups is 2. The summed E-state index contributed by atoms with van der Waals surface area (Å²) in [5, 5.41) is 29.5. The van der Waals surface area contributed by atoms with E-state index in [1.807, 2.05) is 12.1 Å². The molecular formula is C18H25NO5. The predicted octanol–water partition coefficient (Wildman–Crippen LogP) is 1.25. The summed E-state index contributed by atoms with van der Waals surface area (Å²) in [7, 11) is 0. The van der Waals surface area contributed by atoms with E-state index in [0.717, 1.165) is 31.5 Å². The Balaban J connectivity index is 1.63. The van der Waals surface area contributed by atoms with Crippen LogP contribution in [0, 0.1) is 0 Å². The van der Waals surface area contributed by atoms with E-state index in [2.05, 4.69) is 4.90 Å². The van der Waals surface area contributed by atoms with Crippen molar-refractivity contribution in [3.63, 3.8) is 0 Å². The molecule has 6 heteroatoms. The minimum absolute atomic E-state index is 0.162. The van der Waals surface area contributed by atoms with Crippen molar-refractivity contribution in [2.24, 2.45) is 0 Å². The van der Waals surface area contributed by atoms with E-state index in [1.54, 1.807) is 19.1 Å². The van der Waals surface area contributed by atoms with Gasteiger partial charge >= 0.3 is 5.97 Å². The summed E-state index contributed by atoms with van der Waals surface area (Å²) < 4.78 is 5.88. The average Bonchev–Trinajstić information content (AvgIpc) is 2.54. The summed E-state index contributed by atoms with van der Waals surface area (Å²) in [6, 6.07) is 7.08.